The van der Waals surface area contributed by atoms with Crippen molar-refractivity contribution in [3.05, 3.63) is 48.3 Å². The van der Waals surface area contributed by atoms with Crippen LogP contribution in [0, 0.1) is 0 Å². The number of benzene rings is 1. The van der Waals surface area contributed by atoms with E-state index in [4.69, 9.17) is 5.11 Å². The number of phenols is 2. The molecule has 0 aliphatic carbocycles. The van der Waals surface area contributed by atoms with Crippen LogP contribution in [0.4, 0.5) is 5.69 Å². The summed E-state index contributed by atoms with van der Waals surface area (Å²) in [5.74, 6) is 0.0173. The molecule has 0 bridgehead atoms. The van der Waals surface area contributed by atoms with Crippen molar-refractivity contribution in [1.82, 2.24) is 4.98 Å². The van der Waals surface area contributed by atoms with Gasteiger partial charge in [0, 0.05) is 24.0 Å². The van der Waals surface area contributed by atoms with E-state index in [0.717, 1.165) is 0 Å². The molecule has 80 valence electrons. The van der Waals surface area contributed by atoms with Crippen LogP contribution in [0.1, 0.15) is 5.56 Å². The van der Waals surface area contributed by atoms with Gasteiger partial charge in [0.1, 0.15) is 11.5 Å². The number of aromatic nitrogens is 1. The highest BCUT2D eigenvalue weighted by atomic mass is 16.3. The molecule has 0 aliphatic heterocycles. The normalized spacial score (nSPS) is 10.8. The fourth-order valence-corrected chi connectivity index (χ4v) is 1.22. The second-order valence-corrected chi connectivity index (χ2v) is 3.21. The lowest BCUT2D eigenvalue weighted by Crippen LogP contribution is -1.81. The summed E-state index contributed by atoms with van der Waals surface area (Å²) in [6, 6.07) is 7.93. The van der Waals surface area contributed by atoms with Gasteiger partial charge in [-0.1, -0.05) is 0 Å². The van der Waals surface area contributed by atoms with Crippen LogP contribution in [0.25, 0.3) is 0 Å². The first-order valence-electron chi connectivity index (χ1n) is 4.72. The first-order valence-corrected chi connectivity index (χ1v) is 4.72. The summed E-state index contributed by atoms with van der Waals surface area (Å²) in [7, 11) is 0. The minimum Gasteiger partial charge on any atom is -0.508 e. The fraction of sp³-hybridized carbons (Fsp3) is 0. The predicted octanol–water partition coefficient (Wildman–Crippen LogP) is 2.24. The van der Waals surface area contributed by atoms with Crippen molar-refractivity contribution in [2.75, 3.05) is 0 Å². The Hall–Kier alpha value is -2.36. The number of nitrogens with zero attached hydrogens (tertiary/aromatic N) is 2. The molecule has 0 atom stereocenters. The van der Waals surface area contributed by atoms with Crippen molar-refractivity contribution < 1.29 is 10.2 Å². The number of aliphatic imine (C=N–C) groups is 1. The largest absolute Gasteiger partial charge is 0.508 e. The lowest BCUT2D eigenvalue weighted by molar-refractivity contribution is 0.450. The number of hydrogen-bond donors (Lipinski definition) is 2. The molecule has 4 nitrogen and oxygen atoms in total. The molecule has 4 heteroatoms. The van der Waals surface area contributed by atoms with Gasteiger partial charge in [0.25, 0.3) is 0 Å². The zero-order valence-electron chi connectivity index (χ0n) is 8.41. The lowest BCUT2D eigenvalue weighted by atomic mass is 10.2. The predicted molar refractivity (Wildman–Crippen MR) is 61.3 cm³/mol. The standard InChI is InChI=1S/C12H10N2O2/c15-11-4-3-9(12(16)6-11)7-14-10-2-1-5-13-8-10/h1-8,15-16H. The number of phenolic OH excluding ortho intramolecular Hbond substituents is 2. The van der Waals surface area contributed by atoms with E-state index in [1.54, 1.807) is 30.6 Å². The van der Waals surface area contributed by atoms with Crippen molar-refractivity contribution in [3.8, 4) is 11.5 Å². The second kappa shape index (κ2) is 4.44. The van der Waals surface area contributed by atoms with Crippen molar-refractivity contribution in [1.29, 1.82) is 0 Å². The van der Waals surface area contributed by atoms with E-state index < -0.39 is 0 Å². The Labute approximate surface area is 92.6 Å². The fourth-order valence-electron chi connectivity index (χ4n) is 1.22. The first-order chi connectivity index (χ1) is 7.75. The SMILES string of the molecule is Oc1ccc(C=Nc2cccnc2)c(O)c1. The number of aromatic hydroxyl groups is 2. The van der Waals surface area contributed by atoms with E-state index in [1.165, 1.54) is 18.3 Å². The molecule has 0 fully saturated rings. The maximum absolute atomic E-state index is 9.50. The third-order valence-electron chi connectivity index (χ3n) is 2.01. The van der Waals surface area contributed by atoms with E-state index in [1.807, 2.05) is 0 Å². The summed E-state index contributed by atoms with van der Waals surface area (Å²) in [6.07, 6.45) is 4.80. The average Bonchev–Trinajstić information content (AvgIpc) is 2.29. The van der Waals surface area contributed by atoms with Gasteiger partial charge in [-0.3, -0.25) is 9.98 Å². The smallest absolute Gasteiger partial charge is 0.128 e. The van der Waals surface area contributed by atoms with Crippen LogP contribution in [-0.2, 0) is 0 Å². The molecule has 0 spiro atoms. The number of pyridine rings is 1. The van der Waals surface area contributed by atoms with Gasteiger partial charge in [-0.15, -0.1) is 0 Å². The van der Waals surface area contributed by atoms with Crippen LogP contribution in [0.15, 0.2) is 47.7 Å². The Morgan fingerprint density at radius 1 is 1.19 bits per heavy atom. The highest BCUT2D eigenvalue weighted by Gasteiger charge is 1.98. The molecule has 0 radical (unpaired) electrons. The molecule has 1 aromatic carbocycles. The van der Waals surface area contributed by atoms with Crippen LogP contribution in [-0.4, -0.2) is 21.4 Å². The zero-order valence-corrected chi connectivity index (χ0v) is 8.41. The molecule has 0 saturated heterocycles. The van der Waals surface area contributed by atoms with Crippen LogP contribution in [0.2, 0.25) is 0 Å². The van der Waals surface area contributed by atoms with Crippen LogP contribution in [0.5, 0.6) is 11.5 Å². The second-order valence-electron chi connectivity index (χ2n) is 3.21. The minimum atomic E-state index is -0.00681. The molecular formula is C12H10N2O2. The maximum atomic E-state index is 9.50. The molecule has 2 rings (SSSR count). The summed E-state index contributed by atoms with van der Waals surface area (Å²) in [6.45, 7) is 0. The molecule has 0 saturated carbocycles. The monoisotopic (exact) mass is 214 g/mol. The quantitative estimate of drug-likeness (QED) is 0.753. The summed E-state index contributed by atoms with van der Waals surface area (Å²) in [5, 5.41) is 18.6. The van der Waals surface area contributed by atoms with E-state index in [2.05, 4.69) is 9.98 Å². The Kier molecular flexibility index (Phi) is 2.82. The molecule has 0 aliphatic rings. The van der Waals surface area contributed by atoms with Crippen molar-refractivity contribution >= 4 is 11.9 Å². The van der Waals surface area contributed by atoms with Gasteiger partial charge < -0.3 is 10.2 Å². The first kappa shape index (κ1) is 10.2. The minimum absolute atomic E-state index is 0.00681. The molecule has 1 aromatic heterocycles. The van der Waals surface area contributed by atoms with Gasteiger partial charge in [0.2, 0.25) is 0 Å². The molecule has 1 heterocycles. The molecular weight excluding hydrogens is 204 g/mol. The maximum Gasteiger partial charge on any atom is 0.128 e. The van der Waals surface area contributed by atoms with Gasteiger partial charge in [-0.05, 0) is 24.3 Å². The molecule has 0 amide bonds. The van der Waals surface area contributed by atoms with Crippen LogP contribution in [0.3, 0.4) is 0 Å². The molecule has 2 N–H and O–H groups in total. The highest BCUT2D eigenvalue weighted by Crippen LogP contribution is 2.21. The lowest BCUT2D eigenvalue weighted by Gasteiger charge is -1.98. The third-order valence-corrected chi connectivity index (χ3v) is 2.01. The van der Waals surface area contributed by atoms with Gasteiger partial charge in [-0.25, -0.2) is 0 Å². The Balaban J connectivity index is 2.24. The summed E-state index contributed by atoms with van der Waals surface area (Å²) in [4.78, 5) is 8.06. The Bertz CT molecular complexity index is 510. The molecule has 2 aromatic rings. The van der Waals surface area contributed by atoms with E-state index in [9.17, 15) is 5.11 Å². The summed E-state index contributed by atoms with van der Waals surface area (Å²) >= 11 is 0. The molecule has 16 heavy (non-hydrogen) atoms. The van der Waals surface area contributed by atoms with E-state index >= 15 is 0 Å². The van der Waals surface area contributed by atoms with E-state index in [0.29, 0.717) is 11.3 Å². The van der Waals surface area contributed by atoms with Crippen molar-refractivity contribution in [3.63, 3.8) is 0 Å². The van der Waals surface area contributed by atoms with Gasteiger partial charge in [-0.2, -0.15) is 0 Å². The Morgan fingerprint density at radius 2 is 2.06 bits per heavy atom. The van der Waals surface area contributed by atoms with Crippen molar-refractivity contribution in [2.24, 2.45) is 4.99 Å². The van der Waals surface area contributed by atoms with Crippen LogP contribution >= 0.6 is 0 Å². The summed E-state index contributed by atoms with van der Waals surface area (Å²) in [5.41, 5.74) is 1.25. The van der Waals surface area contributed by atoms with Crippen molar-refractivity contribution in [2.45, 2.75) is 0 Å². The summed E-state index contributed by atoms with van der Waals surface area (Å²) < 4.78 is 0. The molecule has 0 unspecified atom stereocenters. The number of hydrogen-bond acceptors (Lipinski definition) is 4. The van der Waals surface area contributed by atoms with Gasteiger partial charge >= 0.3 is 0 Å². The average molecular weight is 214 g/mol. The topological polar surface area (TPSA) is 65.7 Å². The van der Waals surface area contributed by atoms with Crippen LogP contribution < -0.4 is 0 Å². The zero-order chi connectivity index (χ0) is 11.4. The highest BCUT2D eigenvalue weighted by molar-refractivity contribution is 5.85. The van der Waals surface area contributed by atoms with Gasteiger partial charge in [0.15, 0.2) is 0 Å². The van der Waals surface area contributed by atoms with E-state index in [-0.39, 0.29) is 11.5 Å². The number of rotatable bonds is 2. The third kappa shape index (κ3) is 2.36. The van der Waals surface area contributed by atoms with Gasteiger partial charge in [0.05, 0.1) is 11.9 Å². The Morgan fingerprint density at radius 3 is 2.75 bits per heavy atom.